The van der Waals surface area contributed by atoms with Gasteiger partial charge in [0.25, 0.3) is 0 Å². The summed E-state index contributed by atoms with van der Waals surface area (Å²) in [6.45, 7) is 0. The van der Waals surface area contributed by atoms with E-state index in [2.05, 4.69) is 12.2 Å². The van der Waals surface area contributed by atoms with Crippen molar-refractivity contribution in [2.75, 3.05) is 7.11 Å². The third kappa shape index (κ3) is 2.17. The smallest absolute Gasteiger partial charge is 0.305 e. The van der Waals surface area contributed by atoms with Crippen LogP contribution in [0.5, 0.6) is 0 Å². The van der Waals surface area contributed by atoms with Crippen LogP contribution in [0.15, 0.2) is 12.2 Å². The van der Waals surface area contributed by atoms with E-state index in [1.807, 2.05) is 0 Å². The fourth-order valence-electron chi connectivity index (χ4n) is 2.92. The van der Waals surface area contributed by atoms with E-state index in [0.717, 1.165) is 11.8 Å². The monoisotopic (exact) mass is 194 g/mol. The van der Waals surface area contributed by atoms with Gasteiger partial charge in [0.1, 0.15) is 0 Å². The number of esters is 1. The van der Waals surface area contributed by atoms with Crippen molar-refractivity contribution >= 4 is 5.97 Å². The summed E-state index contributed by atoms with van der Waals surface area (Å²) in [5, 5.41) is 0. The molecule has 2 nitrogen and oxygen atoms in total. The van der Waals surface area contributed by atoms with Gasteiger partial charge in [-0.1, -0.05) is 12.2 Å². The molecule has 2 heteroatoms. The molecule has 0 heterocycles. The average Bonchev–Trinajstić information content (AvgIpc) is 2.17. The first-order valence-corrected chi connectivity index (χ1v) is 5.51. The molecule has 0 aromatic rings. The van der Waals surface area contributed by atoms with Gasteiger partial charge in [-0.15, -0.1) is 0 Å². The fourth-order valence-corrected chi connectivity index (χ4v) is 2.92. The standard InChI is InChI=1S/C12H18O2/c1-14-12(13)8-11-6-9-3-2-4-10(5-9)7-11/h2-3,9-11H,4-8H2,1H3. The van der Waals surface area contributed by atoms with Crippen LogP contribution in [0.4, 0.5) is 0 Å². The predicted molar refractivity (Wildman–Crippen MR) is 54.7 cm³/mol. The molecule has 78 valence electrons. The van der Waals surface area contributed by atoms with Gasteiger partial charge in [0, 0.05) is 6.42 Å². The van der Waals surface area contributed by atoms with Crippen molar-refractivity contribution in [3.63, 3.8) is 0 Å². The van der Waals surface area contributed by atoms with Crippen LogP contribution in [0.25, 0.3) is 0 Å². The number of carbonyl (C=O) groups excluding carboxylic acids is 1. The molecule has 0 saturated heterocycles. The highest BCUT2D eigenvalue weighted by Crippen LogP contribution is 2.40. The van der Waals surface area contributed by atoms with Crippen molar-refractivity contribution in [2.24, 2.45) is 17.8 Å². The maximum absolute atomic E-state index is 11.2. The maximum atomic E-state index is 11.2. The van der Waals surface area contributed by atoms with E-state index in [1.165, 1.54) is 32.8 Å². The van der Waals surface area contributed by atoms with Crippen molar-refractivity contribution in [1.29, 1.82) is 0 Å². The Hall–Kier alpha value is -0.790. The molecule has 14 heavy (non-hydrogen) atoms. The number of fused-ring (bicyclic) bond motifs is 2. The molecule has 0 aromatic heterocycles. The normalized spacial score (nSPS) is 35.4. The molecule has 0 amide bonds. The Morgan fingerprint density at radius 1 is 1.43 bits per heavy atom. The van der Waals surface area contributed by atoms with Crippen LogP contribution >= 0.6 is 0 Å². The molecule has 0 aromatic carbocycles. The second kappa shape index (κ2) is 4.16. The lowest BCUT2D eigenvalue weighted by Crippen LogP contribution is -2.26. The highest BCUT2D eigenvalue weighted by Gasteiger charge is 2.30. The Morgan fingerprint density at radius 2 is 2.29 bits per heavy atom. The Balaban J connectivity index is 1.90. The van der Waals surface area contributed by atoms with E-state index in [-0.39, 0.29) is 5.97 Å². The van der Waals surface area contributed by atoms with E-state index >= 15 is 0 Å². The van der Waals surface area contributed by atoms with Gasteiger partial charge in [0.2, 0.25) is 0 Å². The first-order chi connectivity index (χ1) is 6.78. The second-order valence-corrected chi connectivity index (χ2v) is 4.64. The quantitative estimate of drug-likeness (QED) is 0.499. The summed E-state index contributed by atoms with van der Waals surface area (Å²) >= 11 is 0. The minimum absolute atomic E-state index is 0.0426. The zero-order chi connectivity index (χ0) is 9.97. The molecule has 0 N–H and O–H groups in total. The van der Waals surface area contributed by atoms with Crippen molar-refractivity contribution in [3.05, 3.63) is 12.2 Å². The zero-order valence-electron chi connectivity index (χ0n) is 8.74. The van der Waals surface area contributed by atoms with Gasteiger partial charge in [0.05, 0.1) is 7.11 Å². The molecule has 1 saturated carbocycles. The van der Waals surface area contributed by atoms with Gasteiger partial charge >= 0.3 is 5.97 Å². The van der Waals surface area contributed by atoms with Crippen LogP contribution in [0.1, 0.15) is 32.1 Å². The van der Waals surface area contributed by atoms with Crippen LogP contribution in [-0.2, 0) is 9.53 Å². The van der Waals surface area contributed by atoms with E-state index in [1.54, 1.807) is 0 Å². The summed E-state index contributed by atoms with van der Waals surface area (Å²) in [7, 11) is 1.48. The number of rotatable bonds is 2. The molecule has 0 radical (unpaired) electrons. The SMILES string of the molecule is COC(=O)CC1CC2C=CCC(C2)C1. The van der Waals surface area contributed by atoms with E-state index in [4.69, 9.17) is 4.74 Å². The molecular formula is C12H18O2. The van der Waals surface area contributed by atoms with Gasteiger partial charge < -0.3 is 4.74 Å². The van der Waals surface area contributed by atoms with E-state index < -0.39 is 0 Å². The van der Waals surface area contributed by atoms with E-state index in [9.17, 15) is 4.79 Å². The zero-order valence-corrected chi connectivity index (χ0v) is 8.74. The van der Waals surface area contributed by atoms with Crippen LogP contribution in [0.2, 0.25) is 0 Å². The first-order valence-electron chi connectivity index (χ1n) is 5.51. The molecule has 2 aliphatic rings. The molecule has 0 spiro atoms. The molecular weight excluding hydrogens is 176 g/mol. The average molecular weight is 194 g/mol. The summed E-state index contributed by atoms with van der Waals surface area (Å²) in [5.41, 5.74) is 0. The number of hydrogen-bond acceptors (Lipinski definition) is 2. The maximum Gasteiger partial charge on any atom is 0.305 e. The summed E-state index contributed by atoms with van der Waals surface area (Å²) < 4.78 is 4.72. The minimum Gasteiger partial charge on any atom is -0.469 e. The highest BCUT2D eigenvalue weighted by atomic mass is 16.5. The van der Waals surface area contributed by atoms with E-state index in [0.29, 0.717) is 12.3 Å². The molecule has 0 aliphatic heterocycles. The number of hydrogen-bond donors (Lipinski definition) is 0. The number of ether oxygens (including phenoxy) is 1. The molecule has 3 atom stereocenters. The summed E-state index contributed by atoms with van der Waals surface area (Å²) in [6.07, 6.45) is 10.2. The van der Waals surface area contributed by atoms with Gasteiger partial charge in [-0.25, -0.2) is 0 Å². The Bertz CT molecular complexity index is 245. The third-order valence-electron chi connectivity index (χ3n) is 3.50. The van der Waals surface area contributed by atoms with Gasteiger partial charge in [-0.2, -0.15) is 0 Å². The van der Waals surface area contributed by atoms with Gasteiger partial charge in [0.15, 0.2) is 0 Å². The van der Waals surface area contributed by atoms with Crippen molar-refractivity contribution in [1.82, 2.24) is 0 Å². The second-order valence-electron chi connectivity index (χ2n) is 4.64. The summed E-state index contributed by atoms with van der Waals surface area (Å²) in [5.74, 6) is 2.08. The molecule has 2 aliphatic carbocycles. The molecule has 3 unspecified atom stereocenters. The summed E-state index contributed by atoms with van der Waals surface area (Å²) in [4.78, 5) is 11.2. The lowest BCUT2D eigenvalue weighted by Gasteiger charge is -2.35. The van der Waals surface area contributed by atoms with Crippen molar-refractivity contribution in [3.8, 4) is 0 Å². The largest absolute Gasteiger partial charge is 0.469 e. The van der Waals surface area contributed by atoms with Crippen LogP contribution in [0.3, 0.4) is 0 Å². The van der Waals surface area contributed by atoms with Gasteiger partial charge in [-0.3, -0.25) is 4.79 Å². The van der Waals surface area contributed by atoms with Crippen LogP contribution in [0, 0.1) is 17.8 Å². The van der Waals surface area contributed by atoms with Crippen LogP contribution < -0.4 is 0 Å². The van der Waals surface area contributed by atoms with Crippen molar-refractivity contribution in [2.45, 2.75) is 32.1 Å². The number of carbonyl (C=O) groups is 1. The van der Waals surface area contributed by atoms with Crippen molar-refractivity contribution < 1.29 is 9.53 Å². The Morgan fingerprint density at radius 3 is 3.00 bits per heavy atom. The highest BCUT2D eigenvalue weighted by molar-refractivity contribution is 5.69. The minimum atomic E-state index is -0.0426. The molecule has 1 fully saturated rings. The fraction of sp³-hybridized carbons (Fsp3) is 0.750. The lowest BCUT2D eigenvalue weighted by atomic mass is 9.70. The predicted octanol–water partition coefficient (Wildman–Crippen LogP) is 2.54. The number of allylic oxidation sites excluding steroid dienone is 2. The topological polar surface area (TPSA) is 26.3 Å². The van der Waals surface area contributed by atoms with Gasteiger partial charge in [-0.05, 0) is 43.4 Å². The number of methoxy groups -OCH3 is 1. The molecule has 2 rings (SSSR count). The summed E-state index contributed by atoms with van der Waals surface area (Å²) in [6, 6.07) is 0. The first kappa shape index (κ1) is 9.75. The Kier molecular flexibility index (Phi) is 2.90. The molecule has 2 bridgehead atoms. The third-order valence-corrected chi connectivity index (χ3v) is 3.50. The Labute approximate surface area is 85.3 Å². The lowest BCUT2D eigenvalue weighted by molar-refractivity contribution is -0.142. The van der Waals surface area contributed by atoms with Crippen LogP contribution in [-0.4, -0.2) is 13.1 Å².